The van der Waals surface area contributed by atoms with Crippen molar-refractivity contribution in [1.82, 2.24) is 16.0 Å². The molecule has 0 rings (SSSR count). The van der Waals surface area contributed by atoms with Crippen LogP contribution >= 0.6 is 0 Å². The van der Waals surface area contributed by atoms with Crippen LogP contribution in [0, 0.1) is 5.92 Å². The van der Waals surface area contributed by atoms with E-state index in [9.17, 15) is 14.7 Å². The van der Waals surface area contributed by atoms with Crippen molar-refractivity contribution in [2.45, 2.75) is 84.3 Å². The predicted molar refractivity (Wildman–Crippen MR) is 109 cm³/mol. The fourth-order valence-electron chi connectivity index (χ4n) is 2.96. The Bertz CT molecular complexity index is 403. The number of carbonyl (C=O) groups is 2. The first-order valence-corrected chi connectivity index (χ1v) is 10.2. The van der Waals surface area contributed by atoms with Gasteiger partial charge < -0.3 is 25.8 Å². The molecule has 0 saturated carbocycles. The van der Waals surface area contributed by atoms with E-state index in [2.05, 4.69) is 16.0 Å². The molecule has 0 radical (unpaired) electrons. The van der Waals surface area contributed by atoms with Crippen LogP contribution in [0.15, 0.2) is 0 Å². The molecule has 0 aliphatic carbocycles. The molecule has 160 valence electrons. The van der Waals surface area contributed by atoms with E-state index in [1.807, 2.05) is 27.7 Å². The van der Waals surface area contributed by atoms with Crippen LogP contribution in [0.4, 0.5) is 0 Å². The molecule has 0 saturated heterocycles. The fourth-order valence-corrected chi connectivity index (χ4v) is 2.96. The molecule has 0 spiro atoms. The van der Waals surface area contributed by atoms with Crippen LogP contribution in [-0.2, 0) is 14.3 Å². The van der Waals surface area contributed by atoms with Crippen molar-refractivity contribution in [2.24, 2.45) is 5.92 Å². The molecule has 7 nitrogen and oxygen atoms in total. The molecule has 0 aliphatic heterocycles. The zero-order valence-electron chi connectivity index (χ0n) is 17.8. The van der Waals surface area contributed by atoms with Crippen LogP contribution in [0.5, 0.6) is 0 Å². The van der Waals surface area contributed by atoms with Gasteiger partial charge in [-0.15, -0.1) is 0 Å². The number of aliphatic hydroxyl groups is 1. The van der Waals surface area contributed by atoms with Gasteiger partial charge in [0.15, 0.2) is 0 Å². The lowest BCUT2D eigenvalue weighted by Gasteiger charge is -2.21. The number of rotatable bonds is 16. The second-order valence-corrected chi connectivity index (χ2v) is 7.83. The van der Waals surface area contributed by atoms with Gasteiger partial charge in [0.1, 0.15) is 0 Å². The Hall–Kier alpha value is -1.18. The van der Waals surface area contributed by atoms with E-state index in [4.69, 9.17) is 4.74 Å². The van der Waals surface area contributed by atoms with Gasteiger partial charge in [-0.2, -0.15) is 0 Å². The molecule has 0 aromatic rings. The minimum atomic E-state index is -0.0108. The Morgan fingerprint density at radius 1 is 1.00 bits per heavy atom. The Balaban J connectivity index is 4.12. The zero-order chi connectivity index (χ0) is 20.7. The number of unbranched alkanes of at least 4 members (excludes halogenated alkanes) is 1. The lowest BCUT2D eigenvalue weighted by atomic mass is 10.0. The van der Waals surface area contributed by atoms with Gasteiger partial charge in [0.25, 0.3) is 0 Å². The number of nitrogens with one attached hydrogen (secondary N) is 3. The molecular formula is C20H41N3O4. The van der Waals surface area contributed by atoms with Crippen LogP contribution in [0.3, 0.4) is 0 Å². The minimum Gasteiger partial charge on any atom is -0.396 e. The summed E-state index contributed by atoms with van der Waals surface area (Å²) < 4.78 is 5.06. The molecule has 7 heteroatoms. The molecule has 0 aromatic heterocycles. The summed E-state index contributed by atoms with van der Waals surface area (Å²) in [4.78, 5) is 24.0. The SMILES string of the molecule is COCC(CO)CCCCNC(=O)CC(CCC(=O)NC(C)C)NC(C)C. The molecule has 0 fully saturated rings. The third-order valence-electron chi connectivity index (χ3n) is 4.19. The van der Waals surface area contributed by atoms with Crippen molar-refractivity contribution in [3.63, 3.8) is 0 Å². The van der Waals surface area contributed by atoms with Gasteiger partial charge in [0, 0.05) is 57.1 Å². The van der Waals surface area contributed by atoms with Crippen LogP contribution in [0.25, 0.3) is 0 Å². The topological polar surface area (TPSA) is 99.7 Å². The Morgan fingerprint density at radius 3 is 2.26 bits per heavy atom. The van der Waals surface area contributed by atoms with Crippen LogP contribution in [-0.4, -0.2) is 61.9 Å². The summed E-state index contributed by atoms with van der Waals surface area (Å²) in [6.07, 6.45) is 4.14. The lowest BCUT2D eigenvalue weighted by Crippen LogP contribution is -2.40. The van der Waals surface area contributed by atoms with Gasteiger partial charge in [0.2, 0.25) is 11.8 Å². The molecule has 0 bridgehead atoms. The Morgan fingerprint density at radius 2 is 1.70 bits per heavy atom. The molecule has 0 aromatic carbocycles. The maximum Gasteiger partial charge on any atom is 0.221 e. The number of ether oxygens (including phenoxy) is 1. The summed E-state index contributed by atoms with van der Waals surface area (Å²) in [6.45, 7) is 9.28. The van der Waals surface area contributed by atoms with Crippen molar-refractivity contribution < 1.29 is 19.4 Å². The molecule has 2 atom stereocenters. The molecule has 0 heterocycles. The van der Waals surface area contributed by atoms with Crippen molar-refractivity contribution >= 4 is 11.8 Å². The van der Waals surface area contributed by atoms with Gasteiger partial charge >= 0.3 is 0 Å². The summed E-state index contributed by atoms with van der Waals surface area (Å²) in [7, 11) is 1.64. The van der Waals surface area contributed by atoms with E-state index in [0.717, 1.165) is 19.3 Å². The zero-order valence-corrected chi connectivity index (χ0v) is 17.8. The Kier molecular flexibility index (Phi) is 15.1. The standard InChI is InChI=1S/C20H41N3O4/c1-15(2)22-18(9-10-19(25)23-16(3)4)12-20(26)21-11-7-6-8-17(13-24)14-27-5/h15-18,22,24H,6-14H2,1-5H3,(H,21,26)(H,23,25). The van der Waals surface area contributed by atoms with E-state index < -0.39 is 0 Å². The lowest BCUT2D eigenvalue weighted by molar-refractivity contribution is -0.123. The molecule has 27 heavy (non-hydrogen) atoms. The number of methoxy groups -OCH3 is 1. The minimum absolute atomic E-state index is 0.00742. The highest BCUT2D eigenvalue weighted by Gasteiger charge is 2.16. The van der Waals surface area contributed by atoms with Crippen LogP contribution in [0.2, 0.25) is 0 Å². The normalized spacial score (nSPS) is 13.6. The highest BCUT2D eigenvalue weighted by atomic mass is 16.5. The molecule has 2 amide bonds. The largest absolute Gasteiger partial charge is 0.396 e. The summed E-state index contributed by atoms with van der Waals surface area (Å²) >= 11 is 0. The highest BCUT2D eigenvalue weighted by Crippen LogP contribution is 2.08. The number of aliphatic hydroxyl groups excluding tert-OH is 1. The van der Waals surface area contributed by atoms with Crippen LogP contribution < -0.4 is 16.0 Å². The first-order chi connectivity index (χ1) is 12.8. The van der Waals surface area contributed by atoms with Gasteiger partial charge in [-0.3, -0.25) is 9.59 Å². The number of hydrogen-bond acceptors (Lipinski definition) is 5. The van der Waals surface area contributed by atoms with Crippen molar-refractivity contribution in [3.05, 3.63) is 0 Å². The van der Waals surface area contributed by atoms with Gasteiger partial charge in [0.05, 0.1) is 6.61 Å². The van der Waals surface area contributed by atoms with E-state index in [1.165, 1.54) is 0 Å². The smallest absolute Gasteiger partial charge is 0.221 e. The second kappa shape index (κ2) is 15.8. The van der Waals surface area contributed by atoms with E-state index >= 15 is 0 Å². The summed E-state index contributed by atoms with van der Waals surface area (Å²) in [6, 6.07) is 0.377. The van der Waals surface area contributed by atoms with E-state index in [-0.39, 0.29) is 42.5 Å². The molecule has 0 aliphatic rings. The Labute approximate surface area is 165 Å². The highest BCUT2D eigenvalue weighted by molar-refractivity contribution is 5.77. The maximum atomic E-state index is 12.2. The van der Waals surface area contributed by atoms with Crippen LogP contribution in [0.1, 0.15) is 66.2 Å². The molecule has 4 N–H and O–H groups in total. The van der Waals surface area contributed by atoms with Crippen molar-refractivity contribution in [3.8, 4) is 0 Å². The monoisotopic (exact) mass is 387 g/mol. The summed E-state index contributed by atoms with van der Waals surface area (Å²) in [5.74, 6) is 0.200. The quantitative estimate of drug-likeness (QED) is 0.301. The molecule has 2 unspecified atom stereocenters. The third-order valence-corrected chi connectivity index (χ3v) is 4.19. The van der Waals surface area contributed by atoms with E-state index in [0.29, 0.717) is 32.4 Å². The first kappa shape index (κ1) is 25.8. The summed E-state index contributed by atoms with van der Waals surface area (Å²) in [5.41, 5.74) is 0. The number of hydrogen-bond donors (Lipinski definition) is 4. The predicted octanol–water partition coefficient (Wildman–Crippen LogP) is 1.59. The van der Waals surface area contributed by atoms with Gasteiger partial charge in [-0.25, -0.2) is 0 Å². The van der Waals surface area contributed by atoms with E-state index in [1.54, 1.807) is 7.11 Å². The van der Waals surface area contributed by atoms with Gasteiger partial charge in [-0.05, 0) is 33.1 Å². The van der Waals surface area contributed by atoms with Crippen molar-refractivity contribution in [2.75, 3.05) is 26.9 Å². The maximum absolute atomic E-state index is 12.2. The molecular weight excluding hydrogens is 346 g/mol. The average Bonchev–Trinajstić information content (AvgIpc) is 2.57. The number of carbonyl (C=O) groups excluding carboxylic acids is 2. The fraction of sp³-hybridized carbons (Fsp3) is 0.900. The first-order valence-electron chi connectivity index (χ1n) is 10.2. The van der Waals surface area contributed by atoms with Gasteiger partial charge in [-0.1, -0.05) is 20.3 Å². The second-order valence-electron chi connectivity index (χ2n) is 7.83. The third kappa shape index (κ3) is 15.6. The number of amides is 2. The summed E-state index contributed by atoms with van der Waals surface area (Å²) in [5, 5.41) is 18.4. The van der Waals surface area contributed by atoms with Crippen molar-refractivity contribution in [1.29, 1.82) is 0 Å². The average molecular weight is 388 g/mol.